The summed E-state index contributed by atoms with van der Waals surface area (Å²) in [4.78, 5) is 4.80. The lowest BCUT2D eigenvalue weighted by molar-refractivity contribution is 0.148. The van der Waals surface area contributed by atoms with E-state index in [1.165, 1.54) is 26.2 Å². The first kappa shape index (κ1) is 20.8. The van der Waals surface area contributed by atoms with Crippen molar-refractivity contribution in [3.63, 3.8) is 0 Å². The molecule has 0 radical (unpaired) electrons. The zero-order chi connectivity index (χ0) is 11.0. The molecule has 0 aromatic heterocycles. The number of nitrogens with one attached hydrogen (secondary N) is 1. The lowest BCUT2D eigenvalue weighted by Gasteiger charge is -2.31. The summed E-state index contributed by atoms with van der Waals surface area (Å²) in [6.07, 6.45) is 0. The fourth-order valence-corrected chi connectivity index (χ4v) is 1.23. The molecular weight excluding hydrogens is 200 g/mol. The molecule has 1 fully saturated rings. The summed E-state index contributed by atoms with van der Waals surface area (Å²) in [6.45, 7) is 11.0. The molecule has 1 aliphatic heterocycles. The van der Waals surface area contributed by atoms with E-state index in [9.17, 15) is 0 Å². The van der Waals surface area contributed by atoms with Crippen LogP contribution < -0.4 is 11.1 Å². The SMILES string of the molecule is C.C.C=C(C)N.CNCN1CCN(C)CC1. The van der Waals surface area contributed by atoms with Crippen LogP contribution in [-0.4, -0.2) is 56.7 Å². The minimum Gasteiger partial charge on any atom is -0.403 e. The number of allylic oxidation sites excluding steroid dienone is 1. The molecule has 0 amide bonds. The minimum absolute atomic E-state index is 0. The average molecular weight is 232 g/mol. The highest BCUT2D eigenvalue weighted by Crippen LogP contribution is 1.95. The summed E-state index contributed by atoms with van der Waals surface area (Å²) in [5.74, 6) is 0. The topological polar surface area (TPSA) is 44.5 Å². The summed E-state index contributed by atoms with van der Waals surface area (Å²) in [7, 11) is 4.18. The zero-order valence-electron chi connectivity index (χ0n) is 9.71. The summed E-state index contributed by atoms with van der Waals surface area (Å²) in [5.41, 5.74) is 5.58. The number of likely N-dealkylation sites (N-methyl/N-ethyl adjacent to an activating group) is 1. The Bertz CT molecular complexity index is 147. The molecule has 16 heavy (non-hydrogen) atoms. The molecule has 4 heteroatoms. The van der Waals surface area contributed by atoms with Crippen molar-refractivity contribution >= 4 is 0 Å². The molecule has 100 valence electrons. The van der Waals surface area contributed by atoms with Crippen LogP contribution in [0.1, 0.15) is 21.8 Å². The fourth-order valence-electron chi connectivity index (χ4n) is 1.23. The fraction of sp³-hybridized carbons (Fsp3) is 0.833. The van der Waals surface area contributed by atoms with Gasteiger partial charge in [-0.15, -0.1) is 0 Å². The molecule has 0 aromatic rings. The first-order valence-corrected chi connectivity index (χ1v) is 5.02. The van der Waals surface area contributed by atoms with Gasteiger partial charge in [0, 0.05) is 32.8 Å². The number of rotatable bonds is 2. The Balaban J connectivity index is -0.000000249. The van der Waals surface area contributed by atoms with Gasteiger partial charge in [-0.2, -0.15) is 0 Å². The highest BCUT2D eigenvalue weighted by atomic mass is 15.3. The Morgan fingerprint density at radius 2 is 1.62 bits per heavy atom. The van der Waals surface area contributed by atoms with Crippen molar-refractivity contribution in [2.45, 2.75) is 21.8 Å². The average Bonchev–Trinajstić information content (AvgIpc) is 2.08. The minimum atomic E-state index is 0. The van der Waals surface area contributed by atoms with Crippen LogP contribution >= 0.6 is 0 Å². The predicted molar refractivity (Wildman–Crippen MR) is 75.5 cm³/mol. The van der Waals surface area contributed by atoms with E-state index in [0.29, 0.717) is 5.70 Å². The van der Waals surface area contributed by atoms with Crippen LogP contribution in [0.4, 0.5) is 0 Å². The number of nitrogens with two attached hydrogens (primary N) is 1. The Morgan fingerprint density at radius 3 is 1.94 bits per heavy atom. The maximum atomic E-state index is 4.92. The van der Waals surface area contributed by atoms with Crippen LogP contribution in [0.15, 0.2) is 12.3 Å². The molecule has 1 aliphatic rings. The Kier molecular flexibility index (Phi) is 16.2. The Labute approximate surface area is 102 Å². The van der Waals surface area contributed by atoms with Crippen molar-refractivity contribution in [2.75, 3.05) is 46.9 Å². The maximum Gasteiger partial charge on any atom is 0.0479 e. The van der Waals surface area contributed by atoms with Gasteiger partial charge in [0.25, 0.3) is 0 Å². The monoisotopic (exact) mass is 232 g/mol. The zero-order valence-corrected chi connectivity index (χ0v) is 9.71. The van der Waals surface area contributed by atoms with E-state index < -0.39 is 0 Å². The van der Waals surface area contributed by atoms with Crippen molar-refractivity contribution in [1.82, 2.24) is 15.1 Å². The van der Waals surface area contributed by atoms with Gasteiger partial charge in [-0.25, -0.2) is 0 Å². The molecule has 0 spiro atoms. The van der Waals surface area contributed by atoms with E-state index >= 15 is 0 Å². The Morgan fingerprint density at radius 1 is 1.25 bits per heavy atom. The highest BCUT2D eigenvalue weighted by molar-refractivity contribution is 4.76. The molecule has 0 aromatic carbocycles. The maximum absolute atomic E-state index is 4.92. The smallest absolute Gasteiger partial charge is 0.0479 e. The molecule has 1 rings (SSSR count). The second-order valence-corrected chi connectivity index (χ2v) is 3.78. The lowest BCUT2D eigenvalue weighted by atomic mass is 10.3. The number of hydrogen-bond acceptors (Lipinski definition) is 4. The number of hydrogen-bond donors (Lipinski definition) is 2. The largest absolute Gasteiger partial charge is 0.403 e. The summed E-state index contributed by atoms with van der Waals surface area (Å²) in [6, 6.07) is 0. The van der Waals surface area contributed by atoms with Gasteiger partial charge in [0.1, 0.15) is 0 Å². The van der Waals surface area contributed by atoms with Gasteiger partial charge in [-0.3, -0.25) is 4.90 Å². The van der Waals surface area contributed by atoms with Gasteiger partial charge in [0.15, 0.2) is 0 Å². The lowest BCUT2D eigenvalue weighted by Crippen LogP contribution is -2.47. The molecule has 0 bridgehead atoms. The first-order valence-electron chi connectivity index (χ1n) is 5.02. The van der Waals surface area contributed by atoms with E-state index in [0.717, 1.165) is 6.67 Å². The molecular formula is C12H32N4. The quantitative estimate of drug-likeness (QED) is 0.750. The van der Waals surface area contributed by atoms with Crippen molar-refractivity contribution in [1.29, 1.82) is 0 Å². The van der Waals surface area contributed by atoms with E-state index in [4.69, 9.17) is 5.73 Å². The summed E-state index contributed by atoms with van der Waals surface area (Å²) in [5, 5.41) is 3.16. The van der Waals surface area contributed by atoms with E-state index in [-0.39, 0.29) is 14.9 Å². The van der Waals surface area contributed by atoms with Gasteiger partial charge < -0.3 is 16.0 Å². The first-order chi connectivity index (χ1) is 6.56. The Hall–Kier alpha value is -0.580. The third-order valence-electron chi connectivity index (χ3n) is 1.98. The molecule has 4 nitrogen and oxygen atoms in total. The van der Waals surface area contributed by atoms with Crippen LogP contribution in [-0.2, 0) is 0 Å². The van der Waals surface area contributed by atoms with Gasteiger partial charge in [0.2, 0.25) is 0 Å². The van der Waals surface area contributed by atoms with Crippen molar-refractivity contribution in [3.05, 3.63) is 12.3 Å². The van der Waals surface area contributed by atoms with Crippen LogP contribution in [0.25, 0.3) is 0 Å². The summed E-state index contributed by atoms with van der Waals surface area (Å²) < 4.78 is 0. The normalized spacial score (nSPS) is 16.2. The van der Waals surface area contributed by atoms with Gasteiger partial charge in [0.05, 0.1) is 0 Å². The van der Waals surface area contributed by atoms with Crippen molar-refractivity contribution < 1.29 is 0 Å². The third-order valence-corrected chi connectivity index (χ3v) is 1.98. The van der Waals surface area contributed by atoms with Gasteiger partial charge >= 0.3 is 0 Å². The van der Waals surface area contributed by atoms with Gasteiger partial charge in [-0.1, -0.05) is 21.4 Å². The van der Waals surface area contributed by atoms with Crippen molar-refractivity contribution in [3.8, 4) is 0 Å². The molecule has 3 N–H and O–H groups in total. The molecule has 1 heterocycles. The molecule has 0 unspecified atom stereocenters. The molecule has 0 atom stereocenters. The van der Waals surface area contributed by atoms with E-state index in [1.807, 2.05) is 7.05 Å². The van der Waals surface area contributed by atoms with E-state index in [1.54, 1.807) is 6.92 Å². The van der Waals surface area contributed by atoms with Crippen LogP contribution in [0.3, 0.4) is 0 Å². The van der Waals surface area contributed by atoms with E-state index in [2.05, 4.69) is 28.7 Å². The highest BCUT2D eigenvalue weighted by Gasteiger charge is 2.11. The number of piperazine rings is 1. The summed E-state index contributed by atoms with van der Waals surface area (Å²) >= 11 is 0. The van der Waals surface area contributed by atoms with Crippen LogP contribution in [0.2, 0.25) is 0 Å². The van der Waals surface area contributed by atoms with Crippen LogP contribution in [0, 0.1) is 0 Å². The predicted octanol–water partition coefficient (Wildman–Crippen LogP) is 1.16. The number of nitrogens with zero attached hydrogens (tertiary/aromatic N) is 2. The standard InChI is InChI=1S/C7H17N3.C3H7N.2CH4/c1-8-7-10-5-3-9(2)4-6-10;1-3(2)4;;/h8H,3-7H2,1-2H3;1,4H2,2H3;2*1H4. The second kappa shape index (κ2) is 12.5. The molecule has 0 saturated carbocycles. The van der Waals surface area contributed by atoms with Crippen LogP contribution in [0.5, 0.6) is 0 Å². The molecule has 1 saturated heterocycles. The third kappa shape index (κ3) is 13.4. The second-order valence-electron chi connectivity index (χ2n) is 3.78. The molecule has 0 aliphatic carbocycles. The van der Waals surface area contributed by atoms with Crippen molar-refractivity contribution in [2.24, 2.45) is 5.73 Å². The van der Waals surface area contributed by atoms with Gasteiger partial charge in [-0.05, 0) is 26.7 Å².